The number of rotatable bonds is 8. The van der Waals surface area contributed by atoms with Crippen molar-refractivity contribution in [1.82, 2.24) is 10.6 Å². The van der Waals surface area contributed by atoms with E-state index in [-0.39, 0.29) is 11.7 Å². The summed E-state index contributed by atoms with van der Waals surface area (Å²) in [5.74, 6) is 1.29. The molecule has 0 bridgehead atoms. The maximum atomic E-state index is 12.0. The lowest BCUT2D eigenvalue weighted by Gasteiger charge is -2.23. The van der Waals surface area contributed by atoms with Crippen LogP contribution >= 0.6 is 0 Å². The Bertz CT molecular complexity index is 278. The summed E-state index contributed by atoms with van der Waals surface area (Å²) < 4.78 is 12.0. The molecule has 0 radical (unpaired) electrons. The molecule has 4 nitrogen and oxygen atoms in total. The molecule has 2 N–H and O–H groups in total. The molecule has 1 aliphatic carbocycles. The van der Waals surface area contributed by atoms with Crippen LogP contribution in [0.15, 0.2) is 0 Å². The van der Waals surface area contributed by atoms with Gasteiger partial charge in [-0.3, -0.25) is 9.00 Å². The Kier molecular flexibility index (Phi) is 7.51. The smallest absolute Gasteiger partial charge is 0.232 e. The van der Waals surface area contributed by atoms with E-state index in [9.17, 15) is 9.00 Å². The molecule has 5 heteroatoms. The van der Waals surface area contributed by atoms with Gasteiger partial charge in [-0.25, -0.2) is 0 Å². The van der Waals surface area contributed by atoms with E-state index < -0.39 is 10.8 Å². The molecule has 1 saturated carbocycles. The topological polar surface area (TPSA) is 58.2 Å². The van der Waals surface area contributed by atoms with Gasteiger partial charge in [-0.1, -0.05) is 19.8 Å². The van der Waals surface area contributed by atoms with Gasteiger partial charge in [-0.15, -0.1) is 0 Å². The second-order valence-electron chi connectivity index (χ2n) is 4.91. The molecule has 1 amide bonds. The minimum absolute atomic E-state index is 0.0995. The molecule has 0 saturated heterocycles. The summed E-state index contributed by atoms with van der Waals surface area (Å²) in [5.41, 5.74) is 0. The van der Waals surface area contributed by atoms with Gasteiger partial charge in [0.2, 0.25) is 5.91 Å². The third kappa shape index (κ3) is 5.48. The highest BCUT2D eigenvalue weighted by molar-refractivity contribution is 7.85. The summed E-state index contributed by atoms with van der Waals surface area (Å²) in [4.78, 5) is 11.4. The molecule has 1 rings (SSSR count). The lowest BCUT2D eigenvalue weighted by atomic mass is 10.00. The Hall–Kier alpha value is -0.420. The number of hydrogen-bond acceptors (Lipinski definition) is 3. The van der Waals surface area contributed by atoms with Crippen LogP contribution in [0.2, 0.25) is 0 Å². The third-order valence-electron chi connectivity index (χ3n) is 3.47. The molecule has 106 valence electrons. The second-order valence-corrected chi connectivity index (χ2v) is 6.41. The lowest BCUT2D eigenvalue weighted by molar-refractivity contribution is -0.118. The maximum Gasteiger partial charge on any atom is 0.232 e. The summed E-state index contributed by atoms with van der Waals surface area (Å²) in [7, 11) is -1.05. The molecule has 0 aliphatic heterocycles. The molecule has 2 unspecified atom stereocenters. The van der Waals surface area contributed by atoms with Gasteiger partial charge < -0.3 is 10.6 Å². The molecule has 0 aromatic carbocycles. The van der Waals surface area contributed by atoms with Gasteiger partial charge in [0.25, 0.3) is 0 Å². The van der Waals surface area contributed by atoms with Gasteiger partial charge in [0.15, 0.2) is 0 Å². The molecular formula is C13H26N2O2S. The molecule has 0 aromatic heterocycles. The van der Waals surface area contributed by atoms with Gasteiger partial charge in [0.05, 0.1) is 0 Å². The third-order valence-corrected chi connectivity index (χ3v) is 4.78. The Morgan fingerprint density at radius 1 is 1.28 bits per heavy atom. The van der Waals surface area contributed by atoms with E-state index in [0.717, 1.165) is 6.54 Å². The van der Waals surface area contributed by atoms with Crippen molar-refractivity contribution < 1.29 is 9.00 Å². The lowest BCUT2D eigenvalue weighted by Crippen LogP contribution is -2.41. The van der Waals surface area contributed by atoms with Crippen LogP contribution in [0.1, 0.15) is 39.5 Å². The van der Waals surface area contributed by atoms with Gasteiger partial charge in [-0.05, 0) is 32.2 Å². The quantitative estimate of drug-likeness (QED) is 0.695. The van der Waals surface area contributed by atoms with Crippen LogP contribution in [0.5, 0.6) is 0 Å². The standard InChI is InChI=1S/C13H26N2O2S/c1-3-14-12(11-7-5-6-8-11)9-18(17)10-13(16)15-4-2/h11-12,14H,3-10H2,1-2H3,(H,15,16). The van der Waals surface area contributed by atoms with Gasteiger partial charge >= 0.3 is 0 Å². The van der Waals surface area contributed by atoms with Crippen molar-refractivity contribution >= 4 is 16.7 Å². The zero-order chi connectivity index (χ0) is 13.4. The zero-order valence-electron chi connectivity index (χ0n) is 11.5. The van der Waals surface area contributed by atoms with Crippen molar-refractivity contribution in [2.45, 2.75) is 45.6 Å². The van der Waals surface area contributed by atoms with E-state index in [1.807, 2.05) is 6.92 Å². The average molecular weight is 274 g/mol. The number of carbonyl (C=O) groups is 1. The first-order valence-corrected chi connectivity index (χ1v) is 8.51. The predicted molar refractivity (Wildman–Crippen MR) is 76.0 cm³/mol. The van der Waals surface area contributed by atoms with Crippen molar-refractivity contribution in [3.8, 4) is 0 Å². The van der Waals surface area contributed by atoms with Crippen molar-refractivity contribution in [3.05, 3.63) is 0 Å². The molecule has 0 heterocycles. The fourth-order valence-electron chi connectivity index (χ4n) is 2.64. The highest BCUT2D eigenvalue weighted by Crippen LogP contribution is 2.28. The largest absolute Gasteiger partial charge is 0.356 e. The maximum absolute atomic E-state index is 12.0. The number of nitrogens with one attached hydrogen (secondary N) is 2. The van der Waals surface area contributed by atoms with E-state index in [2.05, 4.69) is 17.6 Å². The van der Waals surface area contributed by atoms with Crippen LogP contribution < -0.4 is 10.6 Å². The molecule has 18 heavy (non-hydrogen) atoms. The van der Waals surface area contributed by atoms with E-state index >= 15 is 0 Å². The monoisotopic (exact) mass is 274 g/mol. The summed E-state index contributed by atoms with van der Waals surface area (Å²) in [6, 6.07) is 0.313. The van der Waals surface area contributed by atoms with Crippen molar-refractivity contribution in [3.63, 3.8) is 0 Å². The van der Waals surface area contributed by atoms with Crippen molar-refractivity contribution in [1.29, 1.82) is 0 Å². The van der Waals surface area contributed by atoms with E-state index in [0.29, 0.717) is 24.3 Å². The van der Waals surface area contributed by atoms with Crippen LogP contribution in [-0.2, 0) is 15.6 Å². The predicted octanol–water partition coefficient (Wildman–Crippen LogP) is 1.04. The second kappa shape index (κ2) is 8.64. The summed E-state index contributed by atoms with van der Waals surface area (Å²) >= 11 is 0. The molecule has 1 fully saturated rings. The Labute approximate surface area is 113 Å². The normalized spacial score (nSPS) is 19.7. The van der Waals surface area contributed by atoms with E-state index in [1.165, 1.54) is 25.7 Å². The van der Waals surface area contributed by atoms with Crippen LogP contribution in [0.25, 0.3) is 0 Å². The zero-order valence-corrected chi connectivity index (χ0v) is 12.4. The van der Waals surface area contributed by atoms with Crippen LogP contribution in [0.3, 0.4) is 0 Å². The molecular weight excluding hydrogens is 248 g/mol. The Balaban J connectivity index is 2.39. The van der Waals surface area contributed by atoms with Gasteiger partial charge in [-0.2, -0.15) is 0 Å². The molecule has 0 spiro atoms. The fraction of sp³-hybridized carbons (Fsp3) is 0.923. The van der Waals surface area contributed by atoms with E-state index in [4.69, 9.17) is 0 Å². The summed E-state index contributed by atoms with van der Waals surface area (Å²) in [5, 5.41) is 6.13. The van der Waals surface area contributed by atoms with Crippen LogP contribution in [0.4, 0.5) is 0 Å². The van der Waals surface area contributed by atoms with Crippen LogP contribution in [-0.4, -0.2) is 40.8 Å². The van der Waals surface area contributed by atoms with E-state index in [1.54, 1.807) is 0 Å². The van der Waals surface area contributed by atoms with Crippen molar-refractivity contribution in [2.75, 3.05) is 24.6 Å². The Morgan fingerprint density at radius 3 is 2.50 bits per heavy atom. The summed E-state index contributed by atoms with van der Waals surface area (Å²) in [6.45, 7) is 5.46. The highest BCUT2D eigenvalue weighted by Gasteiger charge is 2.26. The number of amides is 1. The minimum atomic E-state index is -1.05. The average Bonchev–Trinajstić information content (AvgIpc) is 2.81. The summed E-state index contributed by atoms with van der Waals surface area (Å²) in [6.07, 6.45) is 5.04. The highest BCUT2D eigenvalue weighted by atomic mass is 32.2. The first-order valence-electron chi connectivity index (χ1n) is 7.02. The molecule has 0 aromatic rings. The fourth-order valence-corrected chi connectivity index (χ4v) is 3.94. The van der Waals surface area contributed by atoms with Gasteiger partial charge in [0, 0.05) is 29.1 Å². The first kappa shape index (κ1) is 15.6. The van der Waals surface area contributed by atoms with Gasteiger partial charge in [0.1, 0.15) is 5.75 Å². The molecule has 1 aliphatic rings. The van der Waals surface area contributed by atoms with Crippen LogP contribution in [0, 0.1) is 5.92 Å². The SMILES string of the molecule is CCNC(=O)CS(=O)CC(NCC)C1CCCC1. The minimum Gasteiger partial charge on any atom is -0.356 e. The van der Waals surface area contributed by atoms with Crippen molar-refractivity contribution in [2.24, 2.45) is 5.92 Å². The Morgan fingerprint density at radius 2 is 1.94 bits per heavy atom. The number of carbonyl (C=O) groups excluding carboxylic acids is 1. The number of hydrogen-bond donors (Lipinski definition) is 2. The first-order chi connectivity index (χ1) is 8.67. The molecule has 2 atom stereocenters.